The molecule has 0 heterocycles. The molecule has 0 spiro atoms. The minimum Gasteiger partial charge on any atom is -0.506 e. The number of ether oxygens (including phenoxy) is 1. The number of Topliss-reactive ketones (excluding diaryl/α,β-unsaturated/α-hetero) is 1. The van der Waals surface area contributed by atoms with E-state index in [9.17, 15) is 19.5 Å². The van der Waals surface area contributed by atoms with Crippen molar-refractivity contribution in [2.45, 2.75) is 20.0 Å². The molecule has 0 bridgehead atoms. The van der Waals surface area contributed by atoms with E-state index in [0.717, 1.165) is 5.39 Å². The van der Waals surface area contributed by atoms with Crippen molar-refractivity contribution in [1.29, 1.82) is 0 Å². The van der Waals surface area contributed by atoms with E-state index in [-0.39, 0.29) is 17.1 Å². The largest absolute Gasteiger partial charge is 0.506 e. The van der Waals surface area contributed by atoms with Crippen LogP contribution in [0.5, 0.6) is 5.75 Å². The van der Waals surface area contributed by atoms with Gasteiger partial charge in [-0.25, -0.2) is 4.79 Å². The van der Waals surface area contributed by atoms with Gasteiger partial charge in [0.1, 0.15) is 11.3 Å². The molecule has 1 atom stereocenters. The van der Waals surface area contributed by atoms with Crippen LogP contribution in [-0.2, 0) is 9.53 Å². The van der Waals surface area contributed by atoms with Crippen molar-refractivity contribution >= 4 is 34.1 Å². The maximum atomic E-state index is 12.4. The predicted molar refractivity (Wildman–Crippen MR) is 106 cm³/mol. The van der Waals surface area contributed by atoms with E-state index in [0.29, 0.717) is 16.6 Å². The van der Waals surface area contributed by atoms with Crippen LogP contribution in [0.4, 0.5) is 5.69 Å². The van der Waals surface area contributed by atoms with Crippen LogP contribution in [0.2, 0.25) is 0 Å². The fourth-order valence-electron chi connectivity index (χ4n) is 2.73. The molecule has 0 saturated carbocycles. The number of benzene rings is 3. The molecule has 0 aliphatic heterocycles. The van der Waals surface area contributed by atoms with Gasteiger partial charge in [0.05, 0.1) is 0 Å². The predicted octanol–water partition coefficient (Wildman–Crippen LogP) is 3.93. The Bertz CT molecular complexity index is 1060. The Morgan fingerprint density at radius 1 is 0.964 bits per heavy atom. The Morgan fingerprint density at radius 3 is 2.32 bits per heavy atom. The highest BCUT2D eigenvalue weighted by atomic mass is 16.5. The number of esters is 1. The number of phenols is 1. The summed E-state index contributed by atoms with van der Waals surface area (Å²) in [6.45, 7) is 2.90. The van der Waals surface area contributed by atoms with Crippen LogP contribution >= 0.6 is 0 Å². The fourth-order valence-corrected chi connectivity index (χ4v) is 2.73. The van der Waals surface area contributed by atoms with E-state index in [1.807, 2.05) is 12.1 Å². The summed E-state index contributed by atoms with van der Waals surface area (Å²) < 4.78 is 5.20. The molecule has 1 amide bonds. The lowest BCUT2D eigenvalue weighted by Gasteiger charge is -2.14. The molecule has 6 nitrogen and oxygen atoms in total. The van der Waals surface area contributed by atoms with Gasteiger partial charge in [0.15, 0.2) is 11.9 Å². The molecule has 0 saturated heterocycles. The Hall–Kier alpha value is -3.67. The maximum Gasteiger partial charge on any atom is 0.342 e. The second-order valence-corrected chi connectivity index (χ2v) is 6.35. The lowest BCUT2D eigenvalue weighted by molar-refractivity contribution is -0.123. The molecule has 3 aromatic rings. The van der Waals surface area contributed by atoms with E-state index in [1.165, 1.54) is 19.9 Å². The van der Waals surface area contributed by atoms with Gasteiger partial charge in [0.25, 0.3) is 5.91 Å². The fraction of sp³-hybridized carbons (Fsp3) is 0.136. The van der Waals surface area contributed by atoms with Crippen LogP contribution in [0.1, 0.15) is 34.6 Å². The van der Waals surface area contributed by atoms with Crippen molar-refractivity contribution in [3.63, 3.8) is 0 Å². The summed E-state index contributed by atoms with van der Waals surface area (Å²) in [4.78, 5) is 36.0. The number of phenolic OH excluding ortho intramolecular Hbond substituents is 1. The van der Waals surface area contributed by atoms with Gasteiger partial charge in [-0.2, -0.15) is 0 Å². The Balaban J connectivity index is 1.69. The highest BCUT2D eigenvalue weighted by Crippen LogP contribution is 2.29. The number of aromatic hydroxyl groups is 1. The van der Waals surface area contributed by atoms with Crippen LogP contribution in [0.25, 0.3) is 10.8 Å². The number of carbonyl (C=O) groups excluding carboxylic acids is 3. The summed E-state index contributed by atoms with van der Waals surface area (Å²) in [7, 11) is 0. The second-order valence-electron chi connectivity index (χ2n) is 6.35. The first-order chi connectivity index (χ1) is 13.4. The zero-order chi connectivity index (χ0) is 20.3. The van der Waals surface area contributed by atoms with E-state index in [2.05, 4.69) is 5.32 Å². The molecule has 6 heteroatoms. The lowest BCUT2D eigenvalue weighted by atomic mass is 10.1. The number of rotatable bonds is 5. The van der Waals surface area contributed by atoms with Gasteiger partial charge in [0.2, 0.25) is 0 Å². The number of anilines is 1. The topological polar surface area (TPSA) is 92.7 Å². The first kappa shape index (κ1) is 19.1. The van der Waals surface area contributed by atoms with Crippen LogP contribution in [0, 0.1) is 0 Å². The highest BCUT2D eigenvalue weighted by Gasteiger charge is 2.22. The normalized spacial score (nSPS) is 11.6. The summed E-state index contributed by atoms with van der Waals surface area (Å²) in [5, 5.41) is 14.3. The van der Waals surface area contributed by atoms with Crippen molar-refractivity contribution in [3.8, 4) is 5.75 Å². The van der Waals surface area contributed by atoms with E-state index in [4.69, 9.17) is 4.74 Å². The van der Waals surface area contributed by atoms with Crippen LogP contribution < -0.4 is 5.32 Å². The van der Waals surface area contributed by atoms with Crippen LogP contribution in [0.3, 0.4) is 0 Å². The first-order valence-electron chi connectivity index (χ1n) is 8.70. The number of hydrogen-bond donors (Lipinski definition) is 2. The molecule has 3 aromatic carbocycles. The number of fused-ring (bicyclic) bond motifs is 1. The summed E-state index contributed by atoms with van der Waals surface area (Å²) in [6, 6.07) is 16.7. The highest BCUT2D eigenvalue weighted by molar-refractivity contribution is 6.03. The van der Waals surface area contributed by atoms with E-state index in [1.54, 1.807) is 42.5 Å². The van der Waals surface area contributed by atoms with Gasteiger partial charge in [0, 0.05) is 16.6 Å². The van der Waals surface area contributed by atoms with Crippen molar-refractivity contribution in [3.05, 3.63) is 71.8 Å². The summed E-state index contributed by atoms with van der Waals surface area (Å²) in [5.41, 5.74) is 1.000. The standard InChI is InChI=1S/C22H19NO5/c1-13(24)15-7-10-17(11-8-15)23-21(26)14(2)28-22(27)19-12-9-16-5-3-4-6-18(16)20(19)25/h3-12,14,25H,1-2H3,(H,23,26)/t14-/m1/s1. The third-order valence-electron chi connectivity index (χ3n) is 4.33. The van der Waals surface area contributed by atoms with E-state index >= 15 is 0 Å². The van der Waals surface area contributed by atoms with Gasteiger partial charge >= 0.3 is 5.97 Å². The van der Waals surface area contributed by atoms with Crippen molar-refractivity contribution < 1.29 is 24.2 Å². The SMILES string of the molecule is CC(=O)c1ccc(NC(=O)[C@@H](C)OC(=O)c2ccc3ccccc3c2O)cc1. The molecule has 0 aliphatic carbocycles. The smallest absolute Gasteiger partial charge is 0.342 e. The van der Waals surface area contributed by atoms with Crippen molar-refractivity contribution in [2.24, 2.45) is 0 Å². The third-order valence-corrected chi connectivity index (χ3v) is 4.33. The average molecular weight is 377 g/mol. The molecule has 3 rings (SSSR count). The molecular weight excluding hydrogens is 358 g/mol. The zero-order valence-electron chi connectivity index (χ0n) is 15.4. The molecule has 0 aromatic heterocycles. The number of nitrogens with one attached hydrogen (secondary N) is 1. The number of hydrogen-bond acceptors (Lipinski definition) is 5. The molecule has 28 heavy (non-hydrogen) atoms. The van der Waals surface area contributed by atoms with Gasteiger partial charge < -0.3 is 15.2 Å². The van der Waals surface area contributed by atoms with E-state index < -0.39 is 18.0 Å². The summed E-state index contributed by atoms with van der Waals surface area (Å²) >= 11 is 0. The third kappa shape index (κ3) is 4.01. The van der Waals surface area contributed by atoms with Crippen LogP contribution in [-0.4, -0.2) is 28.9 Å². The second kappa shape index (κ2) is 7.92. The minimum absolute atomic E-state index is 0.0100. The molecule has 0 aliphatic rings. The zero-order valence-corrected chi connectivity index (χ0v) is 15.4. The minimum atomic E-state index is -1.08. The molecule has 0 fully saturated rings. The lowest BCUT2D eigenvalue weighted by Crippen LogP contribution is -2.30. The molecule has 0 radical (unpaired) electrons. The van der Waals surface area contributed by atoms with Crippen molar-refractivity contribution in [2.75, 3.05) is 5.32 Å². The van der Waals surface area contributed by atoms with Gasteiger partial charge in [-0.15, -0.1) is 0 Å². The first-order valence-corrected chi connectivity index (χ1v) is 8.70. The molecular formula is C22H19NO5. The van der Waals surface area contributed by atoms with Gasteiger partial charge in [-0.05, 0) is 49.6 Å². The number of ketones is 1. The van der Waals surface area contributed by atoms with Crippen molar-refractivity contribution in [1.82, 2.24) is 0 Å². The average Bonchev–Trinajstić information content (AvgIpc) is 2.68. The number of carbonyl (C=O) groups is 3. The Labute approximate surface area is 161 Å². The monoisotopic (exact) mass is 377 g/mol. The number of amides is 1. The Morgan fingerprint density at radius 2 is 1.64 bits per heavy atom. The van der Waals surface area contributed by atoms with Gasteiger partial charge in [-0.1, -0.05) is 30.3 Å². The molecule has 2 N–H and O–H groups in total. The quantitative estimate of drug-likeness (QED) is 0.519. The van der Waals surface area contributed by atoms with Crippen LogP contribution in [0.15, 0.2) is 60.7 Å². The maximum absolute atomic E-state index is 12.4. The summed E-state index contributed by atoms with van der Waals surface area (Å²) in [5.74, 6) is -1.58. The summed E-state index contributed by atoms with van der Waals surface area (Å²) in [6.07, 6.45) is -1.08. The Kier molecular flexibility index (Phi) is 5.40. The molecule has 142 valence electrons. The molecule has 0 unspecified atom stereocenters. The van der Waals surface area contributed by atoms with Gasteiger partial charge in [-0.3, -0.25) is 9.59 Å².